The highest BCUT2D eigenvalue weighted by Crippen LogP contribution is 2.40. The first kappa shape index (κ1) is 23.2. The molecule has 1 aliphatic rings. The van der Waals surface area contributed by atoms with Crippen molar-refractivity contribution in [2.45, 2.75) is 39.2 Å². The van der Waals surface area contributed by atoms with Crippen molar-refractivity contribution in [2.75, 3.05) is 11.9 Å². The van der Waals surface area contributed by atoms with Crippen LogP contribution >= 0.6 is 22.7 Å². The van der Waals surface area contributed by atoms with E-state index >= 15 is 0 Å². The predicted molar refractivity (Wildman–Crippen MR) is 129 cm³/mol. The number of hydrogen-bond donors (Lipinski definition) is 1. The Bertz CT molecular complexity index is 1140. The minimum Gasteiger partial charge on any atom is -0.462 e. The van der Waals surface area contributed by atoms with E-state index in [0.717, 1.165) is 29.7 Å². The molecule has 1 N–H and O–H groups in total. The monoisotopic (exact) mass is 483 g/mol. The van der Waals surface area contributed by atoms with Gasteiger partial charge in [0, 0.05) is 10.4 Å². The van der Waals surface area contributed by atoms with E-state index in [0.29, 0.717) is 26.9 Å². The number of hydrogen-bond acceptors (Lipinski definition) is 7. The molecule has 2 heterocycles. The summed E-state index contributed by atoms with van der Waals surface area (Å²) < 4.78 is 10.9. The van der Waals surface area contributed by atoms with E-state index in [9.17, 15) is 14.4 Å². The van der Waals surface area contributed by atoms with Gasteiger partial charge in [0.1, 0.15) is 9.88 Å². The van der Waals surface area contributed by atoms with Crippen LogP contribution in [0.3, 0.4) is 0 Å². The highest BCUT2D eigenvalue weighted by molar-refractivity contribution is 7.17. The maximum absolute atomic E-state index is 13.4. The van der Waals surface area contributed by atoms with Gasteiger partial charge >= 0.3 is 11.9 Å². The van der Waals surface area contributed by atoms with Crippen molar-refractivity contribution >= 4 is 45.5 Å². The molecule has 0 saturated heterocycles. The zero-order valence-corrected chi connectivity index (χ0v) is 20.1. The number of thiophene rings is 2. The molecule has 4 rings (SSSR count). The van der Waals surface area contributed by atoms with E-state index in [2.05, 4.69) is 12.2 Å². The van der Waals surface area contributed by atoms with Gasteiger partial charge in [0.15, 0.2) is 0 Å². The van der Waals surface area contributed by atoms with E-state index in [1.54, 1.807) is 48.7 Å². The number of amides is 1. The Kier molecular flexibility index (Phi) is 7.25. The van der Waals surface area contributed by atoms with Crippen molar-refractivity contribution in [2.24, 2.45) is 5.92 Å². The number of nitrogens with one attached hydrogen (secondary N) is 1. The van der Waals surface area contributed by atoms with Crippen LogP contribution in [0.15, 0.2) is 47.8 Å². The third kappa shape index (κ3) is 5.17. The third-order valence-electron chi connectivity index (χ3n) is 5.52. The molecule has 1 aromatic carbocycles. The summed E-state index contributed by atoms with van der Waals surface area (Å²) in [6.45, 7) is 4.19. The van der Waals surface area contributed by atoms with Crippen LogP contribution < -0.4 is 5.32 Å². The fraction of sp³-hybridized carbons (Fsp3) is 0.320. The zero-order chi connectivity index (χ0) is 23.4. The van der Waals surface area contributed by atoms with E-state index in [1.165, 1.54) is 22.7 Å². The number of rotatable bonds is 7. The van der Waals surface area contributed by atoms with E-state index < -0.39 is 23.9 Å². The highest BCUT2D eigenvalue weighted by Gasteiger charge is 2.32. The molecule has 1 aliphatic carbocycles. The summed E-state index contributed by atoms with van der Waals surface area (Å²) in [4.78, 5) is 40.3. The second-order valence-electron chi connectivity index (χ2n) is 7.94. The van der Waals surface area contributed by atoms with E-state index in [-0.39, 0.29) is 6.61 Å². The second-order valence-corrected chi connectivity index (χ2v) is 9.99. The maximum Gasteiger partial charge on any atom is 0.349 e. The standard InChI is InChI=1S/C25H25NO5S2/c1-3-30-25(29)20-17-12-11-15(2)14-19(17)33-23(20)26-22(27)21(16-8-5-4-6-9-16)31-24(28)18-10-7-13-32-18/h4-10,13,15,21H,3,11-12,14H2,1-2H3,(H,26,27). The van der Waals surface area contributed by atoms with Gasteiger partial charge in [0.2, 0.25) is 6.10 Å². The first-order chi connectivity index (χ1) is 16.0. The van der Waals surface area contributed by atoms with Crippen LogP contribution in [0.25, 0.3) is 0 Å². The molecule has 0 spiro atoms. The topological polar surface area (TPSA) is 81.7 Å². The summed E-state index contributed by atoms with van der Waals surface area (Å²) in [5, 5.41) is 5.10. The van der Waals surface area contributed by atoms with Crippen LogP contribution in [0.4, 0.5) is 5.00 Å². The average molecular weight is 484 g/mol. The molecular formula is C25H25NO5S2. The largest absolute Gasteiger partial charge is 0.462 e. The average Bonchev–Trinajstić information content (AvgIpc) is 3.46. The highest BCUT2D eigenvalue weighted by atomic mass is 32.1. The Labute approximate surface area is 200 Å². The van der Waals surface area contributed by atoms with Crippen molar-refractivity contribution in [3.8, 4) is 0 Å². The Morgan fingerprint density at radius 3 is 2.61 bits per heavy atom. The van der Waals surface area contributed by atoms with Crippen molar-refractivity contribution in [1.82, 2.24) is 0 Å². The molecule has 3 aromatic rings. The molecule has 8 heteroatoms. The molecule has 1 amide bonds. The molecule has 2 unspecified atom stereocenters. The van der Waals surface area contributed by atoms with Crippen molar-refractivity contribution < 1.29 is 23.9 Å². The summed E-state index contributed by atoms with van der Waals surface area (Å²) in [6.07, 6.45) is 1.45. The lowest BCUT2D eigenvalue weighted by molar-refractivity contribution is -0.125. The molecule has 0 fully saturated rings. The minimum absolute atomic E-state index is 0.248. The van der Waals surface area contributed by atoms with Crippen LogP contribution in [0.1, 0.15) is 62.4 Å². The fourth-order valence-corrected chi connectivity index (χ4v) is 5.90. The third-order valence-corrected chi connectivity index (χ3v) is 7.54. The van der Waals surface area contributed by atoms with Gasteiger partial charge in [-0.1, -0.05) is 43.3 Å². The lowest BCUT2D eigenvalue weighted by Gasteiger charge is -2.19. The summed E-state index contributed by atoms with van der Waals surface area (Å²) in [5.41, 5.74) is 1.93. The second kappa shape index (κ2) is 10.3. The molecule has 172 valence electrons. The molecule has 0 radical (unpaired) electrons. The summed E-state index contributed by atoms with van der Waals surface area (Å²) in [6, 6.07) is 12.3. The van der Waals surface area contributed by atoms with Gasteiger partial charge in [-0.2, -0.15) is 0 Å². The number of carbonyl (C=O) groups is 3. The van der Waals surface area contributed by atoms with Gasteiger partial charge in [0.05, 0.1) is 12.2 Å². The number of esters is 2. The van der Waals surface area contributed by atoms with Crippen molar-refractivity contribution in [1.29, 1.82) is 0 Å². The van der Waals surface area contributed by atoms with Crippen LogP contribution in [-0.4, -0.2) is 24.5 Å². The van der Waals surface area contributed by atoms with Crippen LogP contribution in [-0.2, 0) is 27.1 Å². The molecule has 0 aliphatic heterocycles. The van der Waals surface area contributed by atoms with Crippen LogP contribution in [0.2, 0.25) is 0 Å². The maximum atomic E-state index is 13.4. The molecule has 6 nitrogen and oxygen atoms in total. The SMILES string of the molecule is CCOC(=O)c1c(NC(=O)C(OC(=O)c2cccs2)c2ccccc2)sc2c1CCC(C)C2. The lowest BCUT2D eigenvalue weighted by Crippen LogP contribution is -2.26. The van der Waals surface area contributed by atoms with Gasteiger partial charge < -0.3 is 14.8 Å². The Hall–Kier alpha value is -2.97. The number of carbonyl (C=O) groups excluding carboxylic acids is 3. The van der Waals surface area contributed by atoms with Gasteiger partial charge in [-0.15, -0.1) is 22.7 Å². The van der Waals surface area contributed by atoms with Crippen LogP contribution in [0, 0.1) is 5.92 Å². The summed E-state index contributed by atoms with van der Waals surface area (Å²) >= 11 is 2.65. The lowest BCUT2D eigenvalue weighted by atomic mass is 9.88. The van der Waals surface area contributed by atoms with Gasteiger partial charge in [-0.25, -0.2) is 9.59 Å². The smallest absolute Gasteiger partial charge is 0.349 e. The number of ether oxygens (including phenoxy) is 2. The Morgan fingerprint density at radius 1 is 1.12 bits per heavy atom. The molecule has 0 saturated carbocycles. The van der Waals surface area contributed by atoms with Crippen LogP contribution in [0.5, 0.6) is 0 Å². The zero-order valence-electron chi connectivity index (χ0n) is 18.5. The van der Waals surface area contributed by atoms with Gasteiger partial charge in [-0.3, -0.25) is 4.79 Å². The first-order valence-corrected chi connectivity index (χ1v) is 12.6. The quantitative estimate of drug-likeness (QED) is 0.439. The van der Waals surface area contributed by atoms with Gasteiger partial charge in [-0.05, 0) is 49.1 Å². The van der Waals surface area contributed by atoms with Crippen molar-refractivity contribution in [3.63, 3.8) is 0 Å². The molecule has 2 atom stereocenters. The first-order valence-electron chi connectivity index (χ1n) is 10.9. The van der Waals surface area contributed by atoms with Gasteiger partial charge in [0.25, 0.3) is 5.91 Å². The predicted octanol–water partition coefficient (Wildman–Crippen LogP) is 5.65. The van der Waals surface area contributed by atoms with Crippen molar-refractivity contribution in [3.05, 3.63) is 74.3 Å². The number of anilines is 1. The fourth-order valence-electron chi connectivity index (χ4n) is 3.90. The number of benzene rings is 1. The normalized spacial score (nSPS) is 15.9. The van der Waals surface area contributed by atoms with E-state index in [1.807, 2.05) is 6.07 Å². The molecule has 2 aromatic heterocycles. The molecule has 33 heavy (non-hydrogen) atoms. The molecule has 0 bridgehead atoms. The Balaban J connectivity index is 1.65. The Morgan fingerprint density at radius 2 is 1.91 bits per heavy atom. The van der Waals surface area contributed by atoms with E-state index in [4.69, 9.17) is 9.47 Å². The summed E-state index contributed by atoms with van der Waals surface area (Å²) in [5.74, 6) is -1.01. The summed E-state index contributed by atoms with van der Waals surface area (Å²) in [7, 11) is 0. The molecular weight excluding hydrogens is 458 g/mol. The number of fused-ring (bicyclic) bond motifs is 1. The minimum atomic E-state index is -1.16.